The topological polar surface area (TPSA) is 0 Å². The van der Waals surface area contributed by atoms with Gasteiger partial charge in [-0.25, -0.2) is 0 Å². The Morgan fingerprint density at radius 1 is 0.556 bits per heavy atom. The summed E-state index contributed by atoms with van der Waals surface area (Å²) in [6, 6.07) is 0. The Balaban J connectivity index is 0.000000640. The third kappa shape index (κ3) is 4.60. The zero-order valence-corrected chi connectivity index (χ0v) is 7.11. The van der Waals surface area contributed by atoms with E-state index in [1.54, 1.807) is 0 Å². The van der Waals surface area contributed by atoms with Crippen LogP contribution in [0.25, 0.3) is 0 Å². The van der Waals surface area contributed by atoms with Crippen LogP contribution < -0.4 is 0 Å². The van der Waals surface area contributed by atoms with Gasteiger partial charge in [0.05, 0.1) is 0 Å². The average Bonchev–Trinajstić information content (AvgIpc) is 1.62. The van der Waals surface area contributed by atoms with E-state index in [2.05, 4.69) is 24.3 Å². The Bertz CT molecular complexity index is 77.1. The van der Waals surface area contributed by atoms with Gasteiger partial charge in [0.25, 0.3) is 0 Å². The van der Waals surface area contributed by atoms with Gasteiger partial charge >= 0.3 is 19.5 Å². The molecule has 1 aliphatic carbocycles. The van der Waals surface area contributed by atoms with Crippen molar-refractivity contribution in [2.24, 2.45) is 0 Å². The molecule has 1 rings (SSSR count). The predicted octanol–water partition coefficient (Wildman–Crippen LogP) is 2.67. The molecule has 0 N–H and O–H groups in total. The number of hydrogen-bond acceptors (Lipinski definition) is 0. The first-order valence-electron chi connectivity index (χ1n) is 3.30. The maximum atomic E-state index is 2.27. The molecule has 0 saturated carbocycles. The molecule has 0 aromatic rings. The maximum absolute atomic E-state index is 2.27. The van der Waals surface area contributed by atoms with Crippen molar-refractivity contribution in [2.45, 2.75) is 25.7 Å². The van der Waals surface area contributed by atoms with Gasteiger partial charge in [0.15, 0.2) is 0 Å². The second kappa shape index (κ2) is 6.23. The molecule has 0 atom stereocenters. The molecule has 0 unspecified atom stereocenters. The van der Waals surface area contributed by atoms with Crippen LogP contribution in [0.1, 0.15) is 25.7 Å². The molecule has 0 heterocycles. The molecule has 0 amide bonds. The first kappa shape index (κ1) is 9.10. The fourth-order valence-electron chi connectivity index (χ4n) is 0.856. The fraction of sp³-hybridized carbons (Fsp3) is 0.500. The minimum atomic E-state index is 0. The zero-order valence-electron chi connectivity index (χ0n) is 5.47. The van der Waals surface area contributed by atoms with Crippen molar-refractivity contribution < 1.29 is 19.5 Å². The summed E-state index contributed by atoms with van der Waals surface area (Å²) in [4.78, 5) is 0. The van der Waals surface area contributed by atoms with E-state index in [0.29, 0.717) is 0 Å². The molecule has 1 heteroatoms. The van der Waals surface area contributed by atoms with Gasteiger partial charge in [-0.05, 0) is 25.7 Å². The SMILES string of the molecule is C1=CCCC=CCC1.[Rh+]. The van der Waals surface area contributed by atoms with E-state index in [-0.39, 0.29) is 19.5 Å². The first-order chi connectivity index (χ1) is 4.00. The maximum Gasteiger partial charge on any atom is 1.00 e. The first-order valence-corrected chi connectivity index (χ1v) is 3.30. The summed E-state index contributed by atoms with van der Waals surface area (Å²) in [7, 11) is 0. The molecule has 0 aliphatic heterocycles. The molecule has 1 aliphatic rings. The van der Waals surface area contributed by atoms with Gasteiger partial charge in [0.1, 0.15) is 0 Å². The summed E-state index contributed by atoms with van der Waals surface area (Å²) in [5.74, 6) is 0. The van der Waals surface area contributed by atoms with E-state index in [0.717, 1.165) is 0 Å². The normalized spacial score (nSPS) is 17.8. The van der Waals surface area contributed by atoms with Crippen LogP contribution in [-0.4, -0.2) is 0 Å². The van der Waals surface area contributed by atoms with E-state index in [1.165, 1.54) is 25.7 Å². The molecular weight excluding hydrogens is 199 g/mol. The molecule has 0 spiro atoms. The van der Waals surface area contributed by atoms with Crippen molar-refractivity contribution in [3.05, 3.63) is 24.3 Å². The Morgan fingerprint density at radius 2 is 0.778 bits per heavy atom. The number of rotatable bonds is 0. The van der Waals surface area contributed by atoms with Gasteiger partial charge in [-0.15, -0.1) is 0 Å². The van der Waals surface area contributed by atoms with Crippen LogP contribution in [0.3, 0.4) is 0 Å². The Morgan fingerprint density at radius 3 is 1.00 bits per heavy atom. The average molecular weight is 211 g/mol. The van der Waals surface area contributed by atoms with Crippen LogP contribution in [0.4, 0.5) is 0 Å². The molecule has 0 nitrogen and oxygen atoms in total. The van der Waals surface area contributed by atoms with Crippen LogP contribution in [0.5, 0.6) is 0 Å². The van der Waals surface area contributed by atoms with Crippen LogP contribution in [0, 0.1) is 0 Å². The van der Waals surface area contributed by atoms with E-state index in [1.807, 2.05) is 0 Å². The van der Waals surface area contributed by atoms with Gasteiger partial charge < -0.3 is 0 Å². The largest absolute Gasteiger partial charge is 1.00 e. The molecule has 0 bridgehead atoms. The minimum absolute atomic E-state index is 0. The van der Waals surface area contributed by atoms with Gasteiger partial charge in [-0.3, -0.25) is 0 Å². The second-order valence-electron chi connectivity index (χ2n) is 2.10. The van der Waals surface area contributed by atoms with Gasteiger partial charge in [-0.2, -0.15) is 0 Å². The Labute approximate surface area is 69.8 Å². The van der Waals surface area contributed by atoms with Crippen molar-refractivity contribution in [3.63, 3.8) is 0 Å². The molecule has 0 radical (unpaired) electrons. The molecule has 9 heavy (non-hydrogen) atoms. The van der Waals surface area contributed by atoms with E-state index >= 15 is 0 Å². The molecule has 0 aromatic heterocycles. The Hall–Kier alpha value is 0.103. The Kier molecular flexibility index (Phi) is 6.30. The molecule has 0 aromatic carbocycles. The quantitative estimate of drug-likeness (QED) is 0.426. The summed E-state index contributed by atoms with van der Waals surface area (Å²) < 4.78 is 0. The van der Waals surface area contributed by atoms with Crippen molar-refractivity contribution >= 4 is 0 Å². The van der Waals surface area contributed by atoms with Crippen LogP contribution in [0.2, 0.25) is 0 Å². The summed E-state index contributed by atoms with van der Waals surface area (Å²) in [6.45, 7) is 0. The summed E-state index contributed by atoms with van der Waals surface area (Å²) >= 11 is 0. The van der Waals surface area contributed by atoms with Crippen LogP contribution >= 0.6 is 0 Å². The molecular formula is C8H12Rh+. The minimum Gasteiger partial charge on any atom is -0.0882 e. The monoisotopic (exact) mass is 211 g/mol. The van der Waals surface area contributed by atoms with Crippen molar-refractivity contribution in [3.8, 4) is 0 Å². The zero-order chi connectivity index (χ0) is 5.66. The number of hydrogen-bond donors (Lipinski definition) is 0. The summed E-state index contributed by atoms with van der Waals surface area (Å²) in [6.07, 6.45) is 14.0. The van der Waals surface area contributed by atoms with Gasteiger partial charge in [-0.1, -0.05) is 24.3 Å². The number of allylic oxidation sites excluding steroid dienone is 4. The standard InChI is InChI=1S/C8H12.Rh/c1-2-4-6-8-7-5-3-1;/h1-2,7-8H,3-6H2;/q;+1. The molecule has 52 valence electrons. The third-order valence-electron chi connectivity index (χ3n) is 1.33. The van der Waals surface area contributed by atoms with Crippen molar-refractivity contribution in [1.82, 2.24) is 0 Å². The van der Waals surface area contributed by atoms with Crippen molar-refractivity contribution in [2.75, 3.05) is 0 Å². The molecule has 0 saturated heterocycles. The van der Waals surface area contributed by atoms with Gasteiger partial charge in [0, 0.05) is 0 Å². The van der Waals surface area contributed by atoms with E-state index in [9.17, 15) is 0 Å². The second-order valence-corrected chi connectivity index (χ2v) is 2.10. The van der Waals surface area contributed by atoms with E-state index in [4.69, 9.17) is 0 Å². The van der Waals surface area contributed by atoms with E-state index < -0.39 is 0 Å². The van der Waals surface area contributed by atoms with Crippen LogP contribution in [0.15, 0.2) is 24.3 Å². The summed E-state index contributed by atoms with van der Waals surface area (Å²) in [5, 5.41) is 0. The van der Waals surface area contributed by atoms with Gasteiger partial charge in [0.2, 0.25) is 0 Å². The summed E-state index contributed by atoms with van der Waals surface area (Å²) in [5.41, 5.74) is 0. The fourth-order valence-corrected chi connectivity index (χ4v) is 0.856. The molecule has 0 fully saturated rings. The smallest absolute Gasteiger partial charge is 0.0882 e. The van der Waals surface area contributed by atoms with Crippen molar-refractivity contribution in [1.29, 1.82) is 0 Å². The third-order valence-corrected chi connectivity index (χ3v) is 1.33. The predicted molar refractivity (Wildman–Crippen MR) is 36.7 cm³/mol. The van der Waals surface area contributed by atoms with Crippen LogP contribution in [-0.2, 0) is 19.5 Å².